The van der Waals surface area contributed by atoms with Crippen LogP contribution in [-0.2, 0) is 6.54 Å². The second kappa shape index (κ2) is 8.03. The minimum Gasteiger partial charge on any atom is -0.491 e. The van der Waals surface area contributed by atoms with Gasteiger partial charge in [-0.2, -0.15) is 0 Å². The van der Waals surface area contributed by atoms with Crippen molar-refractivity contribution in [2.75, 3.05) is 7.05 Å². The van der Waals surface area contributed by atoms with Crippen molar-refractivity contribution >= 4 is 5.91 Å². The molecule has 0 atom stereocenters. The van der Waals surface area contributed by atoms with Crippen LogP contribution in [0, 0.1) is 6.92 Å². The maximum Gasteiger partial charge on any atom is 0.254 e. The van der Waals surface area contributed by atoms with Crippen LogP contribution < -0.4 is 4.74 Å². The smallest absolute Gasteiger partial charge is 0.254 e. The Hall–Kier alpha value is -3.15. The Morgan fingerprint density at radius 2 is 1.89 bits per heavy atom. The van der Waals surface area contributed by atoms with Gasteiger partial charge in [-0.1, -0.05) is 23.8 Å². The van der Waals surface area contributed by atoms with Crippen LogP contribution in [0.15, 0.2) is 52.9 Å². The predicted molar refractivity (Wildman–Crippen MR) is 102 cm³/mol. The van der Waals surface area contributed by atoms with E-state index in [0.29, 0.717) is 23.1 Å². The zero-order valence-corrected chi connectivity index (χ0v) is 16.0. The minimum absolute atomic E-state index is 0.0478. The molecule has 0 aliphatic rings. The number of aromatic nitrogens is 2. The van der Waals surface area contributed by atoms with Crippen molar-refractivity contribution in [1.29, 1.82) is 0 Å². The van der Waals surface area contributed by atoms with Gasteiger partial charge in [-0.05, 0) is 51.1 Å². The molecule has 3 aromatic rings. The summed E-state index contributed by atoms with van der Waals surface area (Å²) in [7, 11) is 1.70. The standard InChI is InChI=1S/C21H23N3O3/c1-14(2)26-18-7-5-6-17(12-18)21(25)24(4)13-19-22-23-20(27-19)16-10-8-15(3)9-11-16/h5-12,14H,13H2,1-4H3. The fraction of sp³-hybridized carbons (Fsp3) is 0.286. The summed E-state index contributed by atoms with van der Waals surface area (Å²) in [6, 6.07) is 15.0. The summed E-state index contributed by atoms with van der Waals surface area (Å²) in [5, 5.41) is 8.13. The van der Waals surface area contributed by atoms with Crippen LogP contribution in [0.25, 0.3) is 11.5 Å². The molecule has 0 saturated carbocycles. The molecular formula is C21H23N3O3. The van der Waals surface area contributed by atoms with E-state index in [1.807, 2.05) is 51.1 Å². The molecule has 0 radical (unpaired) electrons. The lowest BCUT2D eigenvalue weighted by molar-refractivity contribution is 0.0772. The lowest BCUT2D eigenvalue weighted by Crippen LogP contribution is -2.26. The van der Waals surface area contributed by atoms with Gasteiger partial charge >= 0.3 is 0 Å². The van der Waals surface area contributed by atoms with E-state index >= 15 is 0 Å². The van der Waals surface area contributed by atoms with Gasteiger partial charge in [0.1, 0.15) is 5.75 Å². The summed E-state index contributed by atoms with van der Waals surface area (Å²) in [4.78, 5) is 14.2. The van der Waals surface area contributed by atoms with Crippen molar-refractivity contribution < 1.29 is 13.9 Å². The first-order valence-electron chi connectivity index (χ1n) is 8.84. The molecule has 6 heteroatoms. The lowest BCUT2D eigenvalue weighted by atomic mass is 10.1. The maximum atomic E-state index is 12.7. The largest absolute Gasteiger partial charge is 0.491 e. The van der Waals surface area contributed by atoms with Gasteiger partial charge in [0.15, 0.2) is 0 Å². The summed E-state index contributed by atoms with van der Waals surface area (Å²) in [5.41, 5.74) is 2.56. The number of carbonyl (C=O) groups excluding carboxylic acids is 1. The van der Waals surface area contributed by atoms with Crippen LogP contribution in [0.4, 0.5) is 0 Å². The third kappa shape index (κ3) is 4.73. The van der Waals surface area contributed by atoms with Crippen LogP contribution >= 0.6 is 0 Å². The van der Waals surface area contributed by atoms with Crippen LogP contribution in [0.2, 0.25) is 0 Å². The number of nitrogens with zero attached hydrogens (tertiary/aromatic N) is 3. The second-order valence-electron chi connectivity index (χ2n) is 6.72. The average Bonchev–Trinajstić information content (AvgIpc) is 3.09. The molecule has 0 saturated heterocycles. The summed E-state index contributed by atoms with van der Waals surface area (Å²) in [5.74, 6) is 1.36. The molecule has 0 unspecified atom stereocenters. The Morgan fingerprint density at radius 1 is 1.15 bits per heavy atom. The van der Waals surface area contributed by atoms with E-state index in [4.69, 9.17) is 9.15 Å². The Labute approximate surface area is 158 Å². The molecule has 27 heavy (non-hydrogen) atoms. The van der Waals surface area contributed by atoms with Gasteiger partial charge in [-0.15, -0.1) is 10.2 Å². The Bertz CT molecular complexity index is 916. The van der Waals surface area contributed by atoms with Gasteiger partial charge in [0.2, 0.25) is 11.8 Å². The highest BCUT2D eigenvalue weighted by Gasteiger charge is 2.17. The van der Waals surface area contributed by atoms with Crippen LogP contribution in [-0.4, -0.2) is 34.2 Å². The Kier molecular flexibility index (Phi) is 5.54. The summed E-state index contributed by atoms with van der Waals surface area (Å²) in [6.45, 7) is 6.14. The van der Waals surface area contributed by atoms with Crippen LogP contribution in [0.3, 0.4) is 0 Å². The fourth-order valence-electron chi connectivity index (χ4n) is 2.60. The average molecular weight is 365 g/mol. The second-order valence-corrected chi connectivity index (χ2v) is 6.72. The summed E-state index contributed by atoms with van der Waals surface area (Å²) >= 11 is 0. The molecule has 0 spiro atoms. The SMILES string of the molecule is Cc1ccc(-c2nnc(CN(C)C(=O)c3cccc(OC(C)C)c3)o2)cc1. The Balaban J connectivity index is 1.69. The number of benzene rings is 2. The highest BCUT2D eigenvalue weighted by Crippen LogP contribution is 2.20. The molecule has 140 valence electrons. The number of aryl methyl sites for hydroxylation is 1. The van der Waals surface area contributed by atoms with E-state index in [9.17, 15) is 4.79 Å². The van der Waals surface area contributed by atoms with E-state index in [2.05, 4.69) is 10.2 Å². The molecule has 0 fully saturated rings. The lowest BCUT2D eigenvalue weighted by Gasteiger charge is -2.16. The molecule has 1 amide bonds. The number of ether oxygens (including phenoxy) is 1. The van der Waals surface area contributed by atoms with Crippen LogP contribution in [0.1, 0.15) is 35.7 Å². The molecule has 0 aliphatic carbocycles. The van der Waals surface area contributed by atoms with Crippen molar-refractivity contribution in [1.82, 2.24) is 15.1 Å². The normalized spacial score (nSPS) is 10.9. The number of carbonyl (C=O) groups is 1. The van der Waals surface area contributed by atoms with Gasteiger partial charge < -0.3 is 14.1 Å². The highest BCUT2D eigenvalue weighted by atomic mass is 16.5. The maximum absolute atomic E-state index is 12.7. The van der Waals surface area contributed by atoms with E-state index in [1.165, 1.54) is 0 Å². The first-order chi connectivity index (χ1) is 12.9. The topological polar surface area (TPSA) is 68.5 Å². The van der Waals surface area contributed by atoms with Gasteiger partial charge in [0.25, 0.3) is 5.91 Å². The molecular weight excluding hydrogens is 342 g/mol. The summed E-state index contributed by atoms with van der Waals surface area (Å²) in [6.07, 6.45) is 0.0478. The van der Waals surface area contributed by atoms with Gasteiger partial charge in [0, 0.05) is 18.2 Å². The van der Waals surface area contributed by atoms with E-state index in [-0.39, 0.29) is 18.6 Å². The molecule has 0 N–H and O–H groups in total. The third-order valence-corrected chi connectivity index (χ3v) is 3.94. The van der Waals surface area contributed by atoms with Crippen molar-refractivity contribution in [3.8, 4) is 17.2 Å². The zero-order valence-electron chi connectivity index (χ0n) is 16.0. The molecule has 0 aliphatic heterocycles. The van der Waals surface area contributed by atoms with Gasteiger partial charge in [-0.3, -0.25) is 4.79 Å². The quantitative estimate of drug-likeness (QED) is 0.658. The van der Waals surface area contributed by atoms with E-state index in [0.717, 1.165) is 11.1 Å². The van der Waals surface area contributed by atoms with Crippen molar-refractivity contribution in [2.24, 2.45) is 0 Å². The molecule has 6 nitrogen and oxygen atoms in total. The monoisotopic (exact) mass is 365 g/mol. The fourth-order valence-corrected chi connectivity index (χ4v) is 2.60. The summed E-state index contributed by atoms with van der Waals surface area (Å²) < 4.78 is 11.4. The van der Waals surface area contributed by atoms with E-state index in [1.54, 1.807) is 30.1 Å². The predicted octanol–water partition coefficient (Wildman–Crippen LogP) is 4.10. The number of hydrogen-bond acceptors (Lipinski definition) is 5. The van der Waals surface area contributed by atoms with Gasteiger partial charge in [0.05, 0.1) is 12.6 Å². The van der Waals surface area contributed by atoms with Gasteiger partial charge in [-0.25, -0.2) is 0 Å². The van der Waals surface area contributed by atoms with E-state index < -0.39 is 0 Å². The first-order valence-corrected chi connectivity index (χ1v) is 8.84. The van der Waals surface area contributed by atoms with Crippen molar-refractivity contribution in [3.05, 3.63) is 65.5 Å². The van der Waals surface area contributed by atoms with Crippen molar-refractivity contribution in [3.63, 3.8) is 0 Å². The molecule has 3 rings (SSSR count). The number of amides is 1. The molecule has 1 heterocycles. The highest BCUT2D eigenvalue weighted by molar-refractivity contribution is 5.94. The van der Waals surface area contributed by atoms with Crippen LogP contribution in [0.5, 0.6) is 5.75 Å². The first kappa shape index (κ1) is 18.6. The Morgan fingerprint density at radius 3 is 2.59 bits per heavy atom. The number of hydrogen-bond donors (Lipinski definition) is 0. The zero-order chi connectivity index (χ0) is 19.4. The van der Waals surface area contributed by atoms with Crippen molar-refractivity contribution in [2.45, 2.75) is 33.4 Å². The minimum atomic E-state index is -0.140. The molecule has 0 bridgehead atoms. The number of rotatable bonds is 6. The third-order valence-electron chi connectivity index (χ3n) is 3.94. The molecule has 1 aromatic heterocycles. The molecule has 2 aromatic carbocycles.